The maximum absolute atomic E-state index is 13.3. The van der Waals surface area contributed by atoms with Crippen molar-refractivity contribution in [3.63, 3.8) is 0 Å². The number of Topliss-reactive ketones (excluding diaryl/α,β-unsaturated/α-hetero) is 1. The van der Waals surface area contributed by atoms with Crippen LogP contribution in [0.2, 0.25) is 0 Å². The molecule has 1 N–H and O–H groups in total. The van der Waals surface area contributed by atoms with Crippen LogP contribution in [0.15, 0.2) is 48.5 Å². The van der Waals surface area contributed by atoms with Crippen molar-refractivity contribution in [1.29, 1.82) is 0 Å². The molecule has 1 aliphatic heterocycles. The fourth-order valence-corrected chi connectivity index (χ4v) is 3.95. The monoisotopic (exact) mass is 403 g/mol. The van der Waals surface area contributed by atoms with Gasteiger partial charge in [-0.3, -0.25) is 9.59 Å². The molecular weight excluding hydrogens is 378 g/mol. The zero-order chi connectivity index (χ0) is 21.3. The highest BCUT2D eigenvalue weighted by molar-refractivity contribution is 6.08. The predicted octanol–water partition coefficient (Wildman–Crippen LogP) is 4.45. The number of amides is 1. The van der Waals surface area contributed by atoms with E-state index in [-0.39, 0.29) is 18.1 Å². The van der Waals surface area contributed by atoms with Crippen LogP contribution in [-0.4, -0.2) is 28.1 Å². The Balaban J connectivity index is 1.74. The Kier molecular flexibility index (Phi) is 5.40. The van der Waals surface area contributed by atoms with Crippen molar-refractivity contribution in [3.05, 3.63) is 70.9 Å². The fourth-order valence-electron chi connectivity index (χ4n) is 3.95. The maximum Gasteiger partial charge on any atom is 0.226 e. The van der Waals surface area contributed by atoms with Crippen molar-refractivity contribution in [1.82, 2.24) is 9.78 Å². The molecule has 0 saturated heterocycles. The van der Waals surface area contributed by atoms with Gasteiger partial charge in [-0.1, -0.05) is 19.1 Å². The third-order valence-corrected chi connectivity index (χ3v) is 5.43. The molecule has 30 heavy (non-hydrogen) atoms. The number of carbonyl (C=O) groups excluding carboxylic acids is 2. The summed E-state index contributed by atoms with van der Waals surface area (Å²) in [5, 5.41) is 7.60. The van der Waals surface area contributed by atoms with Crippen molar-refractivity contribution >= 4 is 17.5 Å². The number of carbonyl (C=O) groups is 2. The van der Waals surface area contributed by atoms with Crippen LogP contribution in [0.1, 0.15) is 53.4 Å². The molecule has 0 saturated carbocycles. The van der Waals surface area contributed by atoms with E-state index in [1.807, 2.05) is 26.0 Å². The van der Waals surface area contributed by atoms with E-state index >= 15 is 0 Å². The van der Waals surface area contributed by atoms with Crippen LogP contribution in [0.25, 0.3) is 5.69 Å². The van der Waals surface area contributed by atoms with Crippen molar-refractivity contribution < 1.29 is 14.3 Å². The Morgan fingerprint density at radius 3 is 2.67 bits per heavy atom. The smallest absolute Gasteiger partial charge is 0.226 e. The average Bonchev–Trinajstić information content (AvgIpc) is 3.09. The van der Waals surface area contributed by atoms with Gasteiger partial charge in [0.25, 0.3) is 0 Å². The first-order chi connectivity index (χ1) is 14.5. The van der Waals surface area contributed by atoms with E-state index in [1.165, 1.54) is 5.56 Å². The van der Waals surface area contributed by atoms with Gasteiger partial charge in [0.1, 0.15) is 11.6 Å². The molecule has 6 nitrogen and oxygen atoms in total. The Morgan fingerprint density at radius 2 is 1.97 bits per heavy atom. The highest BCUT2D eigenvalue weighted by Crippen LogP contribution is 2.38. The van der Waals surface area contributed by atoms with E-state index in [0.717, 1.165) is 29.1 Å². The van der Waals surface area contributed by atoms with E-state index < -0.39 is 5.92 Å². The van der Waals surface area contributed by atoms with Gasteiger partial charge in [0.05, 0.1) is 23.9 Å². The van der Waals surface area contributed by atoms with Gasteiger partial charge in [-0.15, -0.1) is 0 Å². The van der Waals surface area contributed by atoms with E-state index in [2.05, 4.69) is 29.5 Å². The second-order valence-electron chi connectivity index (χ2n) is 7.41. The molecule has 1 amide bonds. The number of nitrogens with one attached hydrogen (secondary N) is 1. The van der Waals surface area contributed by atoms with Gasteiger partial charge in [0.2, 0.25) is 5.91 Å². The van der Waals surface area contributed by atoms with Gasteiger partial charge < -0.3 is 10.1 Å². The summed E-state index contributed by atoms with van der Waals surface area (Å²) in [5.74, 6) is 0.478. The number of fused-ring (bicyclic) bond motifs is 1. The summed E-state index contributed by atoms with van der Waals surface area (Å²) in [7, 11) is 0. The second kappa shape index (κ2) is 8.14. The van der Waals surface area contributed by atoms with Crippen molar-refractivity contribution in [2.45, 2.75) is 39.5 Å². The molecule has 154 valence electrons. The van der Waals surface area contributed by atoms with E-state index in [4.69, 9.17) is 4.74 Å². The normalized spacial score (nSPS) is 15.4. The molecule has 1 aliphatic rings. The Labute approximate surface area is 175 Å². The molecule has 1 aromatic heterocycles. The summed E-state index contributed by atoms with van der Waals surface area (Å²) in [6.07, 6.45) is 1.02. The fraction of sp³-hybridized carbons (Fsp3) is 0.292. The number of anilines is 1. The minimum Gasteiger partial charge on any atom is -0.494 e. The summed E-state index contributed by atoms with van der Waals surface area (Å²) >= 11 is 0. The van der Waals surface area contributed by atoms with Gasteiger partial charge in [0.15, 0.2) is 5.78 Å². The molecule has 0 radical (unpaired) electrons. The van der Waals surface area contributed by atoms with Gasteiger partial charge in [-0.25, -0.2) is 4.68 Å². The molecule has 0 fully saturated rings. The van der Waals surface area contributed by atoms with E-state index in [1.54, 1.807) is 28.9 Å². The number of hydrogen-bond donors (Lipinski definition) is 1. The number of hydrogen-bond acceptors (Lipinski definition) is 4. The van der Waals surface area contributed by atoms with E-state index in [0.29, 0.717) is 18.0 Å². The first kappa shape index (κ1) is 19.9. The van der Waals surface area contributed by atoms with Crippen LogP contribution in [0.5, 0.6) is 5.75 Å². The molecule has 2 aromatic carbocycles. The minimum absolute atomic E-state index is 0.0842. The van der Waals surface area contributed by atoms with Crippen LogP contribution in [0, 0.1) is 6.92 Å². The highest BCUT2D eigenvalue weighted by atomic mass is 16.5. The molecule has 4 rings (SSSR count). The summed E-state index contributed by atoms with van der Waals surface area (Å²) in [4.78, 5) is 25.8. The van der Waals surface area contributed by atoms with Crippen molar-refractivity contribution in [2.24, 2.45) is 0 Å². The zero-order valence-electron chi connectivity index (χ0n) is 17.4. The largest absolute Gasteiger partial charge is 0.494 e. The van der Waals surface area contributed by atoms with Gasteiger partial charge in [-0.2, -0.15) is 5.10 Å². The van der Waals surface area contributed by atoms with Crippen LogP contribution >= 0.6 is 0 Å². The summed E-state index contributed by atoms with van der Waals surface area (Å²) < 4.78 is 7.20. The molecule has 0 aliphatic carbocycles. The lowest BCUT2D eigenvalue weighted by Crippen LogP contribution is -2.28. The van der Waals surface area contributed by atoms with Gasteiger partial charge in [-0.05, 0) is 62.2 Å². The summed E-state index contributed by atoms with van der Waals surface area (Å²) in [5.41, 5.74) is 4.14. The van der Waals surface area contributed by atoms with E-state index in [9.17, 15) is 9.59 Å². The van der Waals surface area contributed by atoms with Gasteiger partial charge in [0, 0.05) is 17.5 Å². The van der Waals surface area contributed by atoms with Crippen LogP contribution in [0.4, 0.5) is 5.82 Å². The number of aryl methyl sites for hydroxylation is 2. The van der Waals surface area contributed by atoms with Crippen molar-refractivity contribution in [3.8, 4) is 11.4 Å². The Hall–Kier alpha value is -3.41. The first-order valence-corrected chi connectivity index (χ1v) is 10.3. The predicted molar refractivity (Wildman–Crippen MR) is 116 cm³/mol. The SMILES string of the molecule is CCOc1ccc(C(=O)C2CC(=O)Nc3c2c(C)nn3-c2cccc(CC)c2)cc1. The van der Waals surface area contributed by atoms with Crippen LogP contribution in [0.3, 0.4) is 0 Å². The second-order valence-corrected chi connectivity index (χ2v) is 7.41. The molecule has 2 heterocycles. The third-order valence-electron chi connectivity index (χ3n) is 5.43. The lowest BCUT2D eigenvalue weighted by atomic mass is 9.85. The quantitative estimate of drug-likeness (QED) is 0.617. The molecule has 0 spiro atoms. The molecule has 6 heteroatoms. The molecular formula is C24H25N3O3. The molecule has 0 bridgehead atoms. The molecule has 3 aromatic rings. The molecule has 1 atom stereocenters. The molecule has 1 unspecified atom stereocenters. The lowest BCUT2D eigenvalue weighted by Gasteiger charge is -2.23. The number of ketones is 1. The third kappa shape index (κ3) is 3.61. The summed E-state index contributed by atoms with van der Waals surface area (Å²) in [6, 6.07) is 15.1. The lowest BCUT2D eigenvalue weighted by molar-refractivity contribution is -0.116. The topological polar surface area (TPSA) is 73.2 Å². The van der Waals surface area contributed by atoms with Crippen molar-refractivity contribution in [2.75, 3.05) is 11.9 Å². The highest BCUT2D eigenvalue weighted by Gasteiger charge is 2.36. The van der Waals surface area contributed by atoms with Crippen LogP contribution < -0.4 is 10.1 Å². The maximum atomic E-state index is 13.3. The zero-order valence-corrected chi connectivity index (χ0v) is 17.4. The number of ether oxygens (including phenoxy) is 1. The standard InChI is InChI=1S/C24H25N3O3/c1-4-16-7-6-8-18(13-16)27-24-22(15(3)26-27)20(14-21(28)25-24)23(29)17-9-11-19(12-10-17)30-5-2/h6-13,20H,4-5,14H2,1-3H3,(H,25,28). The first-order valence-electron chi connectivity index (χ1n) is 10.3. The Morgan fingerprint density at radius 1 is 1.20 bits per heavy atom. The number of rotatable bonds is 6. The van der Waals surface area contributed by atoms with Gasteiger partial charge >= 0.3 is 0 Å². The Bertz CT molecular complexity index is 1100. The van der Waals surface area contributed by atoms with Crippen LogP contribution in [-0.2, 0) is 11.2 Å². The summed E-state index contributed by atoms with van der Waals surface area (Å²) in [6.45, 7) is 6.46. The number of nitrogens with zero attached hydrogens (tertiary/aromatic N) is 2. The number of benzene rings is 2. The minimum atomic E-state index is -0.560. The average molecular weight is 403 g/mol. The number of aromatic nitrogens is 2.